The summed E-state index contributed by atoms with van der Waals surface area (Å²) in [4.78, 5) is 0. The first-order valence-electron chi connectivity index (χ1n) is 7.04. The molecule has 18 heavy (non-hydrogen) atoms. The molecule has 0 bridgehead atoms. The molecule has 0 radical (unpaired) electrons. The highest BCUT2D eigenvalue weighted by Crippen LogP contribution is 2.39. The molecule has 0 spiro atoms. The van der Waals surface area contributed by atoms with Crippen LogP contribution >= 0.6 is 0 Å². The van der Waals surface area contributed by atoms with Crippen LogP contribution in [-0.4, -0.2) is 4.57 Å². The standard InChI is InChI=1S/C16H22N2/c1-3-11-6-5-9-13-14(10-18(2)16(11)13)15(17)12-7-4-8-12/h5-6,9-10,12,15H,3-4,7-8,17H2,1-2H3. The molecule has 2 N–H and O–H groups in total. The molecule has 96 valence electrons. The van der Waals surface area contributed by atoms with Crippen molar-refractivity contribution in [3.63, 3.8) is 0 Å². The molecule has 1 saturated carbocycles. The van der Waals surface area contributed by atoms with Crippen LogP contribution in [0.2, 0.25) is 0 Å². The first-order chi connectivity index (χ1) is 8.72. The number of nitrogens with two attached hydrogens (primary N) is 1. The minimum absolute atomic E-state index is 0.217. The average Bonchev–Trinajstić information content (AvgIpc) is 2.65. The zero-order valence-electron chi connectivity index (χ0n) is 11.3. The van der Waals surface area contributed by atoms with Gasteiger partial charge in [0.05, 0.1) is 5.52 Å². The Morgan fingerprint density at radius 3 is 2.78 bits per heavy atom. The molecule has 3 rings (SSSR count). The van der Waals surface area contributed by atoms with Crippen LogP contribution in [0.3, 0.4) is 0 Å². The summed E-state index contributed by atoms with van der Waals surface area (Å²) in [6.07, 6.45) is 7.26. The van der Waals surface area contributed by atoms with Crippen molar-refractivity contribution < 1.29 is 0 Å². The average molecular weight is 242 g/mol. The van der Waals surface area contributed by atoms with Crippen molar-refractivity contribution >= 4 is 10.9 Å². The topological polar surface area (TPSA) is 30.9 Å². The second kappa shape index (κ2) is 4.43. The normalized spacial score (nSPS) is 17.9. The van der Waals surface area contributed by atoms with Gasteiger partial charge in [-0.3, -0.25) is 0 Å². The van der Waals surface area contributed by atoms with Gasteiger partial charge >= 0.3 is 0 Å². The van der Waals surface area contributed by atoms with Crippen molar-refractivity contribution in [3.05, 3.63) is 35.5 Å². The second-order valence-electron chi connectivity index (χ2n) is 5.58. The molecule has 0 saturated heterocycles. The number of hydrogen-bond acceptors (Lipinski definition) is 1. The van der Waals surface area contributed by atoms with E-state index in [1.54, 1.807) is 0 Å². The molecule has 1 fully saturated rings. The number of benzene rings is 1. The van der Waals surface area contributed by atoms with E-state index in [0.29, 0.717) is 5.92 Å². The second-order valence-corrected chi connectivity index (χ2v) is 5.58. The summed E-state index contributed by atoms with van der Waals surface area (Å²) in [5.41, 5.74) is 10.6. The molecule has 0 amide bonds. The molecule has 2 aromatic rings. The Hall–Kier alpha value is -1.28. The fraction of sp³-hybridized carbons (Fsp3) is 0.500. The minimum Gasteiger partial charge on any atom is -0.350 e. The van der Waals surface area contributed by atoms with E-state index < -0.39 is 0 Å². The van der Waals surface area contributed by atoms with Gasteiger partial charge in [0.2, 0.25) is 0 Å². The Labute approximate surface area is 109 Å². The molecule has 0 aliphatic heterocycles. The maximum absolute atomic E-state index is 6.46. The van der Waals surface area contributed by atoms with Crippen LogP contribution in [0.15, 0.2) is 24.4 Å². The van der Waals surface area contributed by atoms with Gasteiger partial charge in [0, 0.05) is 24.7 Å². The van der Waals surface area contributed by atoms with Crippen molar-refractivity contribution in [2.45, 2.75) is 38.6 Å². The summed E-state index contributed by atoms with van der Waals surface area (Å²) >= 11 is 0. The Balaban J connectivity index is 2.12. The van der Waals surface area contributed by atoms with Crippen LogP contribution in [-0.2, 0) is 13.5 Å². The Bertz CT molecular complexity index is 564. The summed E-state index contributed by atoms with van der Waals surface area (Å²) in [5, 5.41) is 1.36. The van der Waals surface area contributed by atoms with E-state index in [4.69, 9.17) is 5.73 Å². The summed E-state index contributed by atoms with van der Waals surface area (Å²) in [6.45, 7) is 2.22. The Morgan fingerprint density at radius 2 is 2.17 bits per heavy atom. The van der Waals surface area contributed by atoms with Crippen LogP contribution in [0.1, 0.15) is 43.4 Å². The van der Waals surface area contributed by atoms with Gasteiger partial charge in [-0.05, 0) is 36.3 Å². The zero-order chi connectivity index (χ0) is 12.7. The highest BCUT2D eigenvalue weighted by atomic mass is 14.9. The first-order valence-corrected chi connectivity index (χ1v) is 7.04. The van der Waals surface area contributed by atoms with Crippen molar-refractivity contribution in [1.29, 1.82) is 0 Å². The van der Waals surface area contributed by atoms with E-state index in [1.165, 1.54) is 41.3 Å². The number of para-hydroxylation sites is 1. The lowest BCUT2D eigenvalue weighted by molar-refractivity contribution is 0.265. The van der Waals surface area contributed by atoms with Gasteiger partial charge in [-0.1, -0.05) is 31.5 Å². The Morgan fingerprint density at radius 1 is 1.39 bits per heavy atom. The molecule has 1 aliphatic rings. The highest BCUT2D eigenvalue weighted by molar-refractivity contribution is 5.87. The first kappa shape index (κ1) is 11.8. The van der Waals surface area contributed by atoms with Gasteiger partial charge in [-0.15, -0.1) is 0 Å². The zero-order valence-corrected chi connectivity index (χ0v) is 11.3. The number of fused-ring (bicyclic) bond motifs is 1. The quantitative estimate of drug-likeness (QED) is 0.877. The minimum atomic E-state index is 0.217. The molecule has 1 heterocycles. The lowest BCUT2D eigenvalue weighted by atomic mass is 9.77. The third-order valence-electron chi connectivity index (χ3n) is 4.51. The third kappa shape index (κ3) is 1.67. The summed E-state index contributed by atoms with van der Waals surface area (Å²) < 4.78 is 2.25. The van der Waals surface area contributed by atoms with Crippen LogP contribution < -0.4 is 5.73 Å². The van der Waals surface area contributed by atoms with Crippen molar-refractivity contribution in [2.75, 3.05) is 0 Å². The summed E-state index contributed by atoms with van der Waals surface area (Å²) in [7, 11) is 2.14. The van der Waals surface area contributed by atoms with E-state index in [9.17, 15) is 0 Å². The van der Waals surface area contributed by atoms with E-state index in [0.717, 1.165) is 6.42 Å². The molecular weight excluding hydrogens is 220 g/mol. The number of nitrogens with zero attached hydrogens (tertiary/aromatic N) is 1. The van der Waals surface area contributed by atoms with Crippen molar-refractivity contribution in [1.82, 2.24) is 4.57 Å². The maximum atomic E-state index is 6.46. The predicted octanol–water partition coefficient (Wildman–Crippen LogP) is 3.54. The van der Waals surface area contributed by atoms with Crippen LogP contribution in [0.25, 0.3) is 10.9 Å². The molecule has 1 aliphatic carbocycles. The predicted molar refractivity (Wildman–Crippen MR) is 76.6 cm³/mol. The van der Waals surface area contributed by atoms with E-state index >= 15 is 0 Å². The number of rotatable bonds is 3. The van der Waals surface area contributed by atoms with E-state index in [-0.39, 0.29) is 6.04 Å². The fourth-order valence-electron chi connectivity index (χ4n) is 3.19. The molecule has 2 heteroatoms. The molecule has 1 unspecified atom stereocenters. The van der Waals surface area contributed by atoms with Gasteiger partial charge in [-0.25, -0.2) is 0 Å². The van der Waals surface area contributed by atoms with E-state index in [1.807, 2.05) is 0 Å². The number of aromatic nitrogens is 1. The largest absolute Gasteiger partial charge is 0.350 e. The van der Waals surface area contributed by atoms with Crippen molar-refractivity contribution in [2.24, 2.45) is 18.7 Å². The molecular formula is C16H22N2. The van der Waals surface area contributed by atoms with Gasteiger partial charge in [-0.2, -0.15) is 0 Å². The maximum Gasteiger partial charge on any atom is 0.0513 e. The lowest BCUT2D eigenvalue weighted by Crippen LogP contribution is -2.26. The Kier molecular flexibility index (Phi) is 2.90. The van der Waals surface area contributed by atoms with Crippen LogP contribution in [0.4, 0.5) is 0 Å². The van der Waals surface area contributed by atoms with Crippen LogP contribution in [0.5, 0.6) is 0 Å². The summed E-state index contributed by atoms with van der Waals surface area (Å²) in [5.74, 6) is 0.695. The lowest BCUT2D eigenvalue weighted by Gasteiger charge is -2.31. The summed E-state index contributed by atoms with van der Waals surface area (Å²) in [6, 6.07) is 6.83. The van der Waals surface area contributed by atoms with E-state index in [2.05, 4.69) is 42.9 Å². The number of aryl methyl sites for hydroxylation is 2. The monoisotopic (exact) mass is 242 g/mol. The van der Waals surface area contributed by atoms with Gasteiger partial charge in [0.15, 0.2) is 0 Å². The molecule has 1 atom stereocenters. The fourth-order valence-corrected chi connectivity index (χ4v) is 3.19. The van der Waals surface area contributed by atoms with Crippen LogP contribution in [0, 0.1) is 5.92 Å². The third-order valence-corrected chi connectivity index (χ3v) is 4.51. The van der Waals surface area contributed by atoms with Gasteiger partial charge < -0.3 is 10.3 Å². The van der Waals surface area contributed by atoms with Gasteiger partial charge in [0.1, 0.15) is 0 Å². The number of hydrogen-bond donors (Lipinski definition) is 1. The molecule has 1 aromatic heterocycles. The molecule has 1 aromatic carbocycles. The smallest absolute Gasteiger partial charge is 0.0513 e. The van der Waals surface area contributed by atoms with Crippen molar-refractivity contribution in [3.8, 4) is 0 Å². The SMILES string of the molecule is CCc1cccc2c(C(N)C3CCC3)cn(C)c12. The van der Waals surface area contributed by atoms with Gasteiger partial charge in [0.25, 0.3) is 0 Å². The highest BCUT2D eigenvalue weighted by Gasteiger charge is 2.27. The molecule has 2 nitrogen and oxygen atoms in total.